The molecule has 0 amide bonds. The van der Waals surface area contributed by atoms with Crippen molar-refractivity contribution >= 4 is 32.4 Å². The Morgan fingerprint density at radius 3 is 2.31 bits per heavy atom. The molecule has 0 spiro atoms. The first-order valence-corrected chi connectivity index (χ1v) is 6.29. The molecule has 1 rings (SSSR count). The first-order valence-electron chi connectivity index (χ1n) is 3.66. The lowest BCUT2D eigenvalue weighted by atomic mass is 10.4. The molecule has 2 nitrogen and oxygen atoms in total. The number of hydrogen-bond donors (Lipinski definition) is 0. The predicted molar refractivity (Wildman–Crippen MR) is 61.4 cm³/mol. The Balaban J connectivity index is 3.18. The van der Waals surface area contributed by atoms with Crippen LogP contribution in [0, 0.1) is 0 Å². The van der Waals surface area contributed by atoms with Crippen molar-refractivity contribution in [2.24, 2.45) is 0 Å². The van der Waals surface area contributed by atoms with Gasteiger partial charge in [-0.2, -0.15) is 0 Å². The third-order valence-corrected chi connectivity index (χ3v) is 3.72. The van der Waals surface area contributed by atoms with Gasteiger partial charge in [-0.1, -0.05) is 18.2 Å². The number of rotatable bonds is 2. The molecule has 0 fully saturated rings. The lowest BCUT2D eigenvalue weighted by molar-refractivity contribution is 0.604. The second-order valence-electron chi connectivity index (χ2n) is 2.56. The van der Waals surface area contributed by atoms with Gasteiger partial charge in [0, 0.05) is 5.41 Å². The van der Waals surface area contributed by atoms with Crippen LogP contribution < -0.4 is 0 Å². The highest BCUT2D eigenvalue weighted by Crippen LogP contribution is 2.15. The average Bonchev–Trinajstić information content (AvgIpc) is 2.04. The molecule has 0 heterocycles. The molecule has 0 unspecified atom stereocenters. The fourth-order valence-electron chi connectivity index (χ4n) is 0.892. The van der Waals surface area contributed by atoms with Gasteiger partial charge in [-0.05, 0) is 45.2 Å². The molecule has 0 N–H and O–H groups in total. The summed E-state index contributed by atoms with van der Waals surface area (Å²) in [5, 5.41) is 1.27. The normalized spacial score (nSPS) is 12.9. The topological polar surface area (TPSA) is 34.1 Å². The summed E-state index contributed by atoms with van der Waals surface area (Å²) in [4.78, 5) is 0.339. The van der Waals surface area contributed by atoms with Gasteiger partial charge >= 0.3 is 0 Å². The van der Waals surface area contributed by atoms with E-state index >= 15 is 0 Å². The SMILES string of the molecule is C/C(I)=C\S(=O)(=O)c1ccccc1. The summed E-state index contributed by atoms with van der Waals surface area (Å²) < 4.78 is 23.9. The summed E-state index contributed by atoms with van der Waals surface area (Å²) in [5.74, 6) is 0. The predicted octanol–water partition coefficient (Wildman–Crippen LogP) is 2.76. The van der Waals surface area contributed by atoms with E-state index in [1.165, 1.54) is 5.41 Å². The van der Waals surface area contributed by atoms with Crippen LogP contribution in [0.25, 0.3) is 0 Å². The molecule has 0 saturated carbocycles. The summed E-state index contributed by atoms with van der Waals surface area (Å²) in [6.07, 6.45) is 0. The van der Waals surface area contributed by atoms with Crippen LogP contribution in [0.15, 0.2) is 44.2 Å². The van der Waals surface area contributed by atoms with Gasteiger partial charge in [0.25, 0.3) is 0 Å². The van der Waals surface area contributed by atoms with Gasteiger partial charge in [0.1, 0.15) is 0 Å². The molecule has 70 valence electrons. The third kappa shape index (κ3) is 3.11. The molecule has 13 heavy (non-hydrogen) atoms. The molecule has 0 saturated heterocycles. The molecule has 0 bridgehead atoms. The van der Waals surface area contributed by atoms with Crippen LogP contribution in [0.5, 0.6) is 0 Å². The maximum absolute atomic E-state index is 11.6. The Hall–Kier alpha value is -0.360. The monoisotopic (exact) mass is 308 g/mol. The van der Waals surface area contributed by atoms with Crippen LogP contribution in [0.2, 0.25) is 0 Å². The molecule has 0 atom stereocenters. The van der Waals surface area contributed by atoms with Gasteiger partial charge < -0.3 is 0 Å². The first kappa shape index (κ1) is 10.7. The average molecular weight is 308 g/mol. The molecular weight excluding hydrogens is 299 g/mol. The van der Waals surface area contributed by atoms with Gasteiger partial charge in [0.2, 0.25) is 9.84 Å². The van der Waals surface area contributed by atoms with Crippen molar-refractivity contribution in [3.05, 3.63) is 39.3 Å². The second-order valence-corrected chi connectivity index (χ2v) is 6.06. The minimum absolute atomic E-state index is 0.339. The molecular formula is C9H9IO2S. The highest BCUT2D eigenvalue weighted by atomic mass is 127. The van der Waals surface area contributed by atoms with Crippen LogP contribution in [-0.4, -0.2) is 8.42 Å². The van der Waals surface area contributed by atoms with Crippen molar-refractivity contribution in [1.82, 2.24) is 0 Å². The van der Waals surface area contributed by atoms with Gasteiger partial charge in [0.15, 0.2) is 0 Å². The molecule has 4 heteroatoms. The number of sulfone groups is 1. The molecule has 0 aromatic heterocycles. The van der Waals surface area contributed by atoms with Gasteiger partial charge in [-0.3, -0.25) is 0 Å². The van der Waals surface area contributed by atoms with Crippen molar-refractivity contribution in [2.45, 2.75) is 11.8 Å². The highest BCUT2D eigenvalue weighted by Gasteiger charge is 2.09. The summed E-state index contributed by atoms with van der Waals surface area (Å²) in [6.45, 7) is 1.75. The van der Waals surface area contributed by atoms with E-state index < -0.39 is 9.84 Å². The van der Waals surface area contributed by atoms with Crippen LogP contribution >= 0.6 is 22.6 Å². The van der Waals surface area contributed by atoms with E-state index in [9.17, 15) is 8.42 Å². The van der Waals surface area contributed by atoms with Crippen molar-refractivity contribution in [3.8, 4) is 0 Å². The summed E-state index contributed by atoms with van der Waals surface area (Å²) in [6, 6.07) is 8.39. The van der Waals surface area contributed by atoms with E-state index in [1.807, 2.05) is 22.6 Å². The third-order valence-electron chi connectivity index (χ3n) is 1.39. The molecule has 0 aliphatic rings. The highest BCUT2D eigenvalue weighted by molar-refractivity contribution is 14.1. The summed E-state index contributed by atoms with van der Waals surface area (Å²) >= 11 is 1.98. The molecule has 1 aromatic carbocycles. The Morgan fingerprint density at radius 1 is 1.31 bits per heavy atom. The summed E-state index contributed by atoms with van der Waals surface area (Å²) in [5.41, 5.74) is 0. The zero-order valence-electron chi connectivity index (χ0n) is 7.07. The maximum atomic E-state index is 11.6. The van der Waals surface area contributed by atoms with Crippen molar-refractivity contribution in [3.63, 3.8) is 0 Å². The first-order chi connectivity index (χ1) is 6.02. The zero-order valence-corrected chi connectivity index (χ0v) is 10.0. The molecule has 0 aliphatic heterocycles. The summed E-state index contributed by atoms with van der Waals surface area (Å²) in [7, 11) is -3.23. The number of hydrogen-bond acceptors (Lipinski definition) is 2. The van der Waals surface area contributed by atoms with E-state index in [2.05, 4.69) is 0 Å². The maximum Gasteiger partial charge on any atom is 0.200 e. The molecule has 0 aliphatic carbocycles. The Kier molecular flexibility index (Phi) is 3.49. The van der Waals surface area contributed by atoms with E-state index in [1.54, 1.807) is 37.3 Å². The Morgan fingerprint density at radius 2 is 1.85 bits per heavy atom. The molecule has 0 radical (unpaired) electrons. The van der Waals surface area contributed by atoms with E-state index in [0.717, 1.165) is 3.58 Å². The molecule has 1 aromatic rings. The van der Waals surface area contributed by atoms with Crippen LogP contribution in [-0.2, 0) is 9.84 Å². The smallest absolute Gasteiger partial charge is 0.200 e. The number of benzene rings is 1. The number of halogens is 1. The van der Waals surface area contributed by atoms with Crippen molar-refractivity contribution in [2.75, 3.05) is 0 Å². The Bertz CT molecular complexity index is 403. The number of allylic oxidation sites excluding steroid dienone is 1. The fourth-order valence-corrected chi connectivity index (χ4v) is 3.00. The minimum Gasteiger partial charge on any atom is -0.219 e. The van der Waals surface area contributed by atoms with Crippen molar-refractivity contribution < 1.29 is 8.42 Å². The fraction of sp³-hybridized carbons (Fsp3) is 0.111. The van der Waals surface area contributed by atoms with E-state index in [4.69, 9.17) is 0 Å². The van der Waals surface area contributed by atoms with E-state index in [-0.39, 0.29) is 0 Å². The lowest BCUT2D eigenvalue weighted by Gasteiger charge is -1.97. The van der Waals surface area contributed by atoms with E-state index in [0.29, 0.717) is 4.90 Å². The van der Waals surface area contributed by atoms with Crippen LogP contribution in [0.3, 0.4) is 0 Å². The Labute approximate surface area is 91.7 Å². The standard InChI is InChI=1S/C9H9IO2S/c1-8(10)7-13(11,12)9-5-3-2-4-6-9/h2-7H,1H3/b8-7+. The second kappa shape index (κ2) is 4.23. The lowest BCUT2D eigenvalue weighted by Crippen LogP contribution is -1.95. The largest absolute Gasteiger partial charge is 0.219 e. The van der Waals surface area contributed by atoms with Gasteiger partial charge in [0.05, 0.1) is 4.90 Å². The minimum atomic E-state index is -3.23. The zero-order chi connectivity index (χ0) is 9.90. The van der Waals surface area contributed by atoms with Crippen molar-refractivity contribution in [1.29, 1.82) is 0 Å². The van der Waals surface area contributed by atoms with Crippen LogP contribution in [0.4, 0.5) is 0 Å². The quantitative estimate of drug-likeness (QED) is 0.787. The van der Waals surface area contributed by atoms with Crippen LogP contribution in [0.1, 0.15) is 6.92 Å². The van der Waals surface area contributed by atoms with Gasteiger partial charge in [-0.15, -0.1) is 0 Å². The van der Waals surface area contributed by atoms with Gasteiger partial charge in [-0.25, -0.2) is 8.42 Å².